The number of carboxylic acid groups (broad SMARTS) is 1. The van der Waals surface area contributed by atoms with Gasteiger partial charge in [-0.25, -0.2) is 17.6 Å². The van der Waals surface area contributed by atoms with Crippen molar-refractivity contribution in [3.8, 4) is 5.75 Å². The highest BCUT2D eigenvalue weighted by atomic mass is 32.2. The average molecular weight is 365 g/mol. The van der Waals surface area contributed by atoms with Gasteiger partial charge in [0, 0.05) is 6.54 Å². The van der Waals surface area contributed by atoms with Crippen molar-refractivity contribution in [3.05, 3.63) is 52.8 Å². The fraction of sp³-hybridized carbons (Fsp3) is 0.235. The number of halogens is 1. The molecule has 2 aromatic rings. The molecule has 0 saturated carbocycles. The molecule has 0 unspecified atom stereocenters. The maximum atomic E-state index is 14.3. The van der Waals surface area contributed by atoms with Crippen molar-refractivity contribution in [1.82, 2.24) is 0 Å². The number of benzene rings is 2. The molecule has 25 heavy (non-hydrogen) atoms. The topological polar surface area (TPSA) is 94.9 Å². The first-order valence-electron chi connectivity index (χ1n) is 7.60. The molecule has 0 bridgehead atoms. The smallest absolute Gasteiger partial charge is 0.339 e. The summed E-state index contributed by atoms with van der Waals surface area (Å²) in [7, 11) is -4.18. The van der Waals surface area contributed by atoms with Crippen LogP contribution in [0.5, 0.6) is 5.75 Å². The SMILES string of the molecule is Cc1cc(O)c(C(=O)O)cc1S(=O)(=O)N1CCCc2cccc(F)c21. The molecule has 1 aliphatic heterocycles. The molecule has 132 valence electrons. The first-order chi connectivity index (χ1) is 11.7. The number of hydrogen-bond donors (Lipinski definition) is 2. The number of aryl methyl sites for hydroxylation is 2. The maximum Gasteiger partial charge on any atom is 0.339 e. The van der Waals surface area contributed by atoms with E-state index in [9.17, 15) is 22.7 Å². The molecular formula is C17H16FNO5S. The van der Waals surface area contributed by atoms with Crippen LogP contribution in [0, 0.1) is 12.7 Å². The first kappa shape index (κ1) is 17.2. The lowest BCUT2D eigenvalue weighted by atomic mass is 10.0. The minimum absolute atomic E-state index is 0.00176. The molecule has 6 nitrogen and oxygen atoms in total. The Hall–Kier alpha value is -2.61. The molecule has 0 spiro atoms. The number of phenols is 1. The van der Waals surface area contributed by atoms with Crippen molar-refractivity contribution in [2.75, 3.05) is 10.8 Å². The normalized spacial score (nSPS) is 14.2. The summed E-state index contributed by atoms with van der Waals surface area (Å²) in [6.45, 7) is 1.55. The van der Waals surface area contributed by atoms with Gasteiger partial charge in [0.2, 0.25) is 0 Å². The van der Waals surface area contributed by atoms with Crippen LogP contribution in [-0.4, -0.2) is 31.1 Å². The van der Waals surface area contributed by atoms with Crippen LogP contribution in [0.3, 0.4) is 0 Å². The van der Waals surface area contributed by atoms with Crippen molar-refractivity contribution < 1.29 is 27.8 Å². The predicted molar refractivity (Wildman–Crippen MR) is 89.1 cm³/mol. The zero-order valence-electron chi connectivity index (χ0n) is 13.4. The number of sulfonamides is 1. The Morgan fingerprint density at radius 3 is 2.68 bits per heavy atom. The number of aromatic carboxylic acids is 1. The second kappa shape index (κ2) is 6.03. The Morgan fingerprint density at radius 1 is 1.28 bits per heavy atom. The lowest BCUT2D eigenvalue weighted by molar-refractivity contribution is 0.0693. The molecule has 0 aliphatic carbocycles. The van der Waals surface area contributed by atoms with E-state index >= 15 is 0 Å². The van der Waals surface area contributed by atoms with Crippen molar-refractivity contribution >= 4 is 21.7 Å². The zero-order valence-corrected chi connectivity index (χ0v) is 14.2. The second-order valence-electron chi connectivity index (χ2n) is 5.87. The predicted octanol–water partition coefficient (Wildman–Crippen LogP) is 2.68. The van der Waals surface area contributed by atoms with Gasteiger partial charge in [-0.2, -0.15) is 0 Å². The van der Waals surface area contributed by atoms with Gasteiger partial charge in [0.1, 0.15) is 17.1 Å². The number of hydrogen-bond acceptors (Lipinski definition) is 4. The van der Waals surface area contributed by atoms with Gasteiger partial charge in [0.25, 0.3) is 10.0 Å². The molecule has 8 heteroatoms. The van der Waals surface area contributed by atoms with E-state index in [0.717, 1.165) is 16.4 Å². The first-order valence-corrected chi connectivity index (χ1v) is 9.04. The van der Waals surface area contributed by atoms with Crippen LogP contribution < -0.4 is 4.31 Å². The van der Waals surface area contributed by atoms with Gasteiger partial charge in [-0.1, -0.05) is 12.1 Å². The van der Waals surface area contributed by atoms with Crippen molar-refractivity contribution in [3.63, 3.8) is 0 Å². The molecule has 2 N–H and O–H groups in total. The third-order valence-electron chi connectivity index (χ3n) is 4.22. The summed E-state index contributed by atoms with van der Waals surface area (Å²) in [6.07, 6.45) is 1.09. The van der Waals surface area contributed by atoms with E-state index in [1.807, 2.05) is 0 Å². The number of anilines is 1. The average Bonchev–Trinajstić information content (AvgIpc) is 2.54. The largest absolute Gasteiger partial charge is 0.507 e. The second-order valence-corrected chi connectivity index (χ2v) is 7.70. The van der Waals surface area contributed by atoms with Gasteiger partial charge in [-0.3, -0.25) is 4.31 Å². The van der Waals surface area contributed by atoms with Crippen molar-refractivity contribution in [2.45, 2.75) is 24.7 Å². The van der Waals surface area contributed by atoms with E-state index < -0.39 is 33.1 Å². The highest BCUT2D eigenvalue weighted by molar-refractivity contribution is 7.92. The maximum absolute atomic E-state index is 14.3. The van der Waals surface area contributed by atoms with Gasteiger partial charge >= 0.3 is 5.97 Å². The number of carbonyl (C=O) groups is 1. The zero-order chi connectivity index (χ0) is 18.4. The molecule has 3 rings (SSSR count). The van der Waals surface area contributed by atoms with Crippen molar-refractivity contribution in [1.29, 1.82) is 0 Å². The number of carboxylic acids is 1. The highest BCUT2D eigenvalue weighted by Gasteiger charge is 2.33. The lowest BCUT2D eigenvalue weighted by Gasteiger charge is -2.31. The Kier molecular flexibility index (Phi) is 4.16. The Morgan fingerprint density at radius 2 is 2.00 bits per heavy atom. The van der Waals surface area contributed by atoms with Gasteiger partial charge in [0.05, 0.1) is 10.6 Å². The number of para-hydroxylation sites is 1. The van der Waals surface area contributed by atoms with Gasteiger partial charge < -0.3 is 10.2 Å². The molecule has 0 amide bonds. The van der Waals surface area contributed by atoms with Gasteiger partial charge in [-0.05, 0) is 49.1 Å². The molecular weight excluding hydrogens is 349 g/mol. The van der Waals surface area contributed by atoms with Crippen LogP contribution in [0.25, 0.3) is 0 Å². The summed E-state index contributed by atoms with van der Waals surface area (Å²) in [4.78, 5) is 10.9. The standard InChI is InChI=1S/C17H16FNO5S/c1-10-8-14(20)12(17(21)22)9-15(10)25(23,24)19-7-3-5-11-4-2-6-13(18)16(11)19/h2,4,6,8-9,20H,3,5,7H2,1H3,(H,21,22). The molecule has 0 aromatic heterocycles. The van der Waals surface area contributed by atoms with Crippen LogP contribution in [0.15, 0.2) is 35.2 Å². The van der Waals surface area contributed by atoms with E-state index in [-0.39, 0.29) is 22.7 Å². The van der Waals surface area contributed by atoms with Crippen LogP contribution in [0.1, 0.15) is 27.9 Å². The van der Waals surface area contributed by atoms with E-state index in [2.05, 4.69) is 0 Å². The lowest BCUT2D eigenvalue weighted by Crippen LogP contribution is -2.36. The Bertz CT molecular complexity index is 971. The van der Waals surface area contributed by atoms with Gasteiger partial charge in [0.15, 0.2) is 0 Å². The third-order valence-corrected chi connectivity index (χ3v) is 6.16. The van der Waals surface area contributed by atoms with Crippen LogP contribution in [0.2, 0.25) is 0 Å². The fourth-order valence-corrected chi connectivity index (χ4v) is 4.83. The van der Waals surface area contributed by atoms with Crippen LogP contribution in [0.4, 0.5) is 10.1 Å². The molecule has 0 atom stereocenters. The summed E-state index contributed by atoms with van der Waals surface area (Å²) in [6, 6.07) is 6.39. The van der Waals surface area contributed by atoms with E-state index in [0.29, 0.717) is 18.4 Å². The number of rotatable bonds is 3. The molecule has 2 aromatic carbocycles. The molecule has 1 aliphatic rings. The monoisotopic (exact) mass is 365 g/mol. The van der Waals surface area contributed by atoms with Crippen LogP contribution >= 0.6 is 0 Å². The van der Waals surface area contributed by atoms with E-state index in [1.165, 1.54) is 19.1 Å². The molecule has 0 saturated heterocycles. The number of fused-ring (bicyclic) bond motifs is 1. The van der Waals surface area contributed by atoms with Gasteiger partial charge in [-0.15, -0.1) is 0 Å². The summed E-state index contributed by atoms with van der Waals surface area (Å²) in [5, 5.41) is 18.8. The minimum Gasteiger partial charge on any atom is -0.507 e. The van der Waals surface area contributed by atoms with Crippen LogP contribution in [-0.2, 0) is 16.4 Å². The summed E-state index contributed by atoms with van der Waals surface area (Å²) in [5.41, 5.74) is 0.253. The van der Waals surface area contributed by atoms with Crippen molar-refractivity contribution in [2.24, 2.45) is 0 Å². The Labute approximate surface area is 144 Å². The summed E-state index contributed by atoms with van der Waals surface area (Å²) in [5.74, 6) is -2.61. The number of nitrogens with zero attached hydrogens (tertiary/aromatic N) is 1. The highest BCUT2D eigenvalue weighted by Crippen LogP contribution is 2.36. The fourth-order valence-electron chi connectivity index (χ4n) is 3.05. The number of aromatic hydroxyl groups is 1. The Balaban J connectivity index is 2.20. The third kappa shape index (κ3) is 2.82. The summed E-state index contributed by atoms with van der Waals surface area (Å²) >= 11 is 0. The molecule has 0 radical (unpaired) electrons. The summed E-state index contributed by atoms with van der Waals surface area (Å²) < 4.78 is 41.5. The molecule has 1 heterocycles. The van der Waals surface area contributed by atoms with E-state index in [4.69, 9.17) is 5.11 Å². The molecule has 0 fully saturated rings. The minimum atomic E-state index is -4.18. The van der Waals surface area contributed by atoms with E-state index in [1.54, 1.807) is 6.07 Å². The quantitative estimate of drug-likeness (QED) is 0.872.